The maximum absolute atomic E-state index is 12.3. The normalized spacial score (nSPS) is 26.3. The first-order valence-electron chi connectivity index (χ1n) is 9.25. The number of sulfone groups is 1. The summed E-state index contributed by atoms with van der Waals surface area (Å²) in [4.78, 5) is 23.5. The van der Waals surface area contributed by atoms with E-state index in [0.717, 1.165) is 0 Å². The quantitative estimate of drug-likeness (QED) is 0.590. The fourth-order valence-electron chi connectivity index (χ4n) is 3.70. The van der Waals surface area contributed by atoms with Gasteiger partial charge in [-0.25, -0.2) is 21.6 Å². The van der Waals surface area contributed by atoms with Crippen LogP contribution in [0.1, 0.15) is 36.5 Å². The second kappa shape index (κ2) is 8.13. The largest absolute Gasteiger partial charge is 0.374 e. The fraction of sp³-hybridized carbons (Fsp3) is 0.556. The molecule has 2 heterocycles. The lowest BCUT2D eigenvalue weighted by atomic mass is 9.90. The first-order chi connectivity index (χ1) is 13.5. The van der Waals surface area contributed by atoms with Gasteiger partial charge in [0.1, 0.15) is 0 Å². The minimum absolute atomic E-state index is 0.0449. The second-order valence-electron chi connectivity index (χ2n) is 7.54. The summed E-state index contributed by atoms with van der Waals surface area (Å²) in [7, 11) is -7.03. The van der Waals surface area contributed by atoms with Crippen molar-refractivity contribution in [1.29, 1.82) is 0 Å². The minimum atomic E-state index is -3.90. The number of hydrogen-bond acceptors (Lipinski definition) is 7. The van der Waals surface area contributed by atoms with Gasteiger partial charge in [-0.15, -0.1) is 0 Å². The third kappa shape index (κ3) is 5.41. The van der Waals surface area contributed by atoms with Gasteiger partial charge in [0.15, 0.2) is 15.6 Å². The van der Waals surface area contributed by atoms with Crippen LogP contribution in [0.3, 0.4) is 0 Å². The van der Waals surface area contributed by atoms with Crippen LogP contribution in [0.2, 0.25) is 0 Å². The number of hydrogen-bond donors (Lipinski definition) is 2. The van der Waals surface area contributed by atoms with Crippen LogP contribution in [-0.4, -0.2) is 64.8 Å². The van der Waals surface area contributed by atoms with Crippen molar-refractivity contribution in [3.63, 3.8) is 0 Å². The Morgan fingerprint density at radius 1 is 1.24 bits per heavy atom. The average molecular weight is 445 g/mol. The first kappa shape index (κ1) is 21.9. The highest BCUT2D eigenvalue weighted by Gasteiger charge is 2.46. The number of sulfonamides is 1. The molecular formula is C18H24N2O7S2. The maximum Gasteiger partial charge on any atom is 0.241 e. The molecule has 2 N–H and O–H groups in total. The van der Waals surface area contributed by atoms with Crippen molar-refractivity contribution >= 4 is 31.6 Å². The van der Waals surface area contributed by atoms with Crippen molar-refractivity contribution in [2.24, 2.45) is 0 Å². The van der Waals surface area contributed by atoms with Crippen molar-refractivity contribution in [3.05, 3.63) is 29.8 Å². The third-order valence-corrected chi connectivity index (χ3v) is 8.41. The summed E-state index contributed by atoms with van der Waals surface area (Å²) in [6.07, 6.45) is 1.33. The average Bonchev–Trinajstić information content (AvgIpc) is 2.94. The Labute approximate surface area is 170 Å². The Morgan fingerprint density at radius 3 is 2.52 bits per heavy atom. The van der Waals surface area contributed by atoms with Gasteiger partial charge >= 0.3 is 0 Å². The monoisotopic (exact) mass is 444 g/mol. The van der Waals surface area contributed by atoms with E-state index in [4.69, 9.17) is 4.74 Å². The SMILES string of the molecule is CC(=O)c1ccc(S(=O)(=O)NCC(=O)NC2CCOC3(CCS(=O)(=O)C3)C2)cc1. The van der Waals surface area contributed by atoms with Gasteiger partial charge in [-0.3, -0.25) is 9.59 Å². The Balaban J connectivity index is 1.54. The molecule has 0 aromatic heterocycles. The molecule has 0 aliphatic carbocycles. The Morgan fingerprint density at radius 2 is 1.93 bits per heavy atom. The van der Waals surface area contributed by atoms with Crippen molar-refractivity contribution < 1.29 is 31.2 Å². The van der Waals surface area contributed by atoms with Gasteiger partial charge in [0.05, 0.1) is 28.5 Å². The predicted octanol–water partition coefficient (Wildman–Crippen LogP) is 0.0200. The minimum Gasteiger partial charge on any atom is -0.374 e. The first-order valence-corrected chi connectivity index (χ1v) is 12.6. The number of carbonyl (C=O) groups is 2. The number of Topliss-reactive ketones (excluding diaryl/α,β-unsaturated/α-hetero) is 1. The summed E-state index contributed by atoms with van der Waals surface area (Å²) in [6.45, 7) is 1.28. The van der Waals surface area contributed by atoms with Crippen LogP contribution in [0.25, 0.3) is 0 Å². The number of rotatable bonds is 6. The van der Waals surface area contributed by atoms with Gasteiger partial charge in [-0.2, -0.15) is 0 Å². The molecule has 0 saturated carbocycles. The molecule has 9 nitrogen and oxygen atoms in total. The molecule has 2 fully saturated rings. The molecule has 160 valence electrons. The van der Waals surface area contributed by atoms with Crippen molar-refractivity contribution in [1.82, 2.24) is 10.0 Å². The summed E-state index contributed by atoms with van der Waals surface area (Å²) in [5.41, 5.74) is -0.364. The Hall–Kier alpha value is -1.82. The molecule has 2 saturated heterocycles. The lowest BCUT2D eigenvalue weighted by Crippen LogP contribution is -2.51. The van der Waals surface area contributed by atoms with Gasteiger partial charge in [-0.1, -0.05) is 12.1 Å². The highest BCUT2D eigenvalue weighted by Crippen LogP contribution is 2.35. The Bertz CT molecular complexity index is 1000. The topological polar surface area (TPSA) is 136 Å². The zero-order valence-electron chi connectivity index (χ0n) is 16.0. The zero-order valence-corrected chi connectivity index (χ0v) is 17.6. The molecule has 29 heavy (non-hydrogen) atoms. The molecule has 2 atom stereocenters. The molecule has 11 heteroatoms. The summed E-state index contributed by atoms with van der Waals surface area (Å²) in [6, 6.07) is 5.16. The molecule has 2 aliphatic heterocycles. The smallest absolute Gasteiger partial charge is 0.241 e. The highest BCUT2D eigenvalue weighted by atomic mass is 32.2. The molecule has 1 aromatic carbocycles. The van der Waals surface area contributed by atoms with Crippen LogP contribution in [0, 0.1) is 0 Å². The summed E-state index contributed by atoms with van der Waals surface area (Å²) in [5.74, 6) is -0.645. The number of amides is 1. The second-order valence-corrected chi connectivity index (χ2v) is 11.5. The maximum atomic E-state index is 12.3. The van der Waals surface area contributed by atoms with Gasteiger partial charge in [0.25, 0.3) is 0 Å². The molecule has 2 aliphatic rings. The number of ether oxygens (including phenoxy) is 1. The van der Waals surface area contributed by atoms with E-state index < -0.39 is 37.9 Å². The van der Waals surface area contributed by atoms with Gasteiger partial charge in [0, 0.05) is 18.2 Å². The molecule has 1 amide bonds. The number of nitrogens with one attached hydrogen (secondary N) is 2. The van der Waals surface area contributed by atoms with Crippen LogP contribution >= 0.6 is 0 Å². The van der Waals surface area contributed by atoms with E-state index in [1.807, 2.05) is 0 Å². The number of benzene rings is 1. The molecule has 2 unspecified atom stereocenters. The van der Waals surface area contributed by atoms with E-state index in [0.29, 0.717) is 31.4 Å². The highest BCUT2D eigenvalue weighted by molar-refractivity contribution is 7.91. The molecule has 1 spiro atoms. The molecule has 1 aromatic rings. The summed E-state index contributed by atoms with van der Waals surface area (Å²) < 4.78 is 56.1. The van der Waals surface area contributed by atoms with Crippen LogP contribution < -0.4 is 10.0 Å². The molecule has 3 rings (SSSR count). The van der Waals surface area contributed by atoms with E-state index in [2.05, 4.69) is 10.0 Å². The standard InChI is InChI=1S/C18H24N2O7S2/c1-13(21)14-2-4-16(5-3-14)29(25,26)19-11-17(22)20-15-6-8-27-18(10-15)7-9-28(23,24)12-18/h2-5,15,19H,6-12H2,1H3,(H,20,22). The van der Waals surface area contributed by atoms with Crippen LogP contribution in [0.15, 0.2) is 29.2 Å². The van der Waals surface area contributed by atoms with Gasteiger partial charge < -0.3 is 10.1 Å². The van der Waals surface area contributed by atoms with Gasteiger partial charge in [-0.05, 0) is 38.3 Å². The van der Waals surface area contributed by atoms with E-state index in [-0.39, 0.29) is 28.2 Å². The molecule has 0 bridgehead atoms. The van der Waals surface area contributed by atoms with Crippen molar-refractivity contribution in [2.75, 3.05) is 24.7 Å². The number of carbonyl (C=O) groups excluding carboxylic acids is 2. The van der Waals surface area contributed by atoms with Crippen LogP contribution in [0.5, 0.6) is 0 Å². The van der Waals surface area contributed by atoms with Crippen LogP contribution in [0.4, 0.5) is 0 Å². The lowest BCUT2D eigenvalue weighted by molar-refractivity contribution is -0.123. The van der Waals surface area contributed by atoms with Crippen molar-refractivity contribution in [2.45, 2.75) is 42.7 Å². The number of ketones is 1. The molecule has 0 radical (unpaired) electrons. The summed E-state index contributed by atoms with van der Waals surface area (Å²) in [5, 5.41) is 2.76. The van der Waals surface area contributed by atoms with E-state index in [9.17, 15) is 26.4 Å². The third-order valence-electron chi connectivity index (χ3n) is 5.20. The lowest BCUT2D eigenvalue weighted by Gasteiger charge is -2.37. The Kier molecular flexibility index (Phi) is 6.13. The van der Waals surface area contributed by atoms with E-state index in [1.165, 1.54) is 31.2 Å². The summed E-state index contributed by atoms with van der Waals surface area (Å²) >= 11 is 0. The van der Waals surface area contributed by atoms with E-state index >= 15 is 0 Å². The van der Waals surface area contributed by atoms with E-state index in [1.54, 1.807) is 0 Å². The van der Waals surface area contributed by atoms with Gasteiger partial charge in [0.2, 0.25) is 15.9 Å². The molecular weight excluding hydrogens is 420 g/mol. The van der Waals surface area contributed by atoms with Crippen molar-refractivity contribution in [3.8, 4) is 0 Å². The van der Waals surface area contributed by atoms with Crippen LogP contribution in [-0.2, 0) is 29.4 Å². The fourth-order valence-corrected chi connectivity index (χ4v) is 6.66. The zero-order chi connectivity index (χ0) is 21.3. The predicted molar refractivity (Wildman–Crippen MR) is 105 cm³/mol.